The van der Waals surface area contributed by atoms with Gasteiger partial charge in [-0.25, -0.2) is 9.59 Å². The molecule has 0 radical (unpaired) electrons. The van der Waals surface area contributed by atoms with E-state index in [-0.39, 0.29) is 24.0 Å². The zero-order valence-corrected chi connectivity index (χ0v) is 27.5. The van der Waals surface area contributed by atoms with Crippen LogP contribution < -0.4 is 21.1 Å². The number of aldehydes is 1. The first-order valence-corrected chi connectivity index (χ1v) is 15.3. The van der Waals surface area contributed by atoms with Crippen LogP contribution in [0.4, 0.5) is 15.3 Å². The molecular weight excluding hydrogens is 580 g/mol. The fraction of sp³-hybridized carbons (Fsp3) is 0.576. The lowest BCUT2D eigenvalue weighted by Gasteiger charge is -2.29. The first kappa shape index (κ1) is 37.4. The van der Waals surface area contributed by atoms with E-state index in [0.29, 0.717) is 55.5 Å². The lowest BCUT2D eigenvalue weighted by atomic mass is 9.87. The SMILES string of the molecule is CNCCN(C)C(=O)Oc1cc2cc(c1)NC(=O)/C(C)=C/CC[C@H](C=O)[C@@H](OC(N)=O)/C(C)=C/[C@H](C)[C@@H](O)[C@@H](OC)C[C@H](C)C2. The van der Waals surface area contributed by atoms with Gasteiger partial charge in [-0.2, -0.15) is 0 Å². The molecule has 1 heterocycles. The van der Waals surface area contributed by atoms with Crippen molar-refractivity contribution < 1.29 is 38.5 Å². The topological polar surface area (TPSA) is 170 Å². The molecule has 0 saturated heterocycles. The number of aliphatic hydroxyl groups is 1. The first-order chi connectivity index (χ1) is 21.3. The number of nitrogens with zero attached hydrogens (tertiary/aromatic N) is 1. The predicted octanol–water partition coefficient (Wildman–Crippen LogP) is 3.82. The van der Waals surface area contributed by atoms with Gasteiger partial charge in [0.25, 0.3) is 5.91 Å². The van der Waals surface area contributed by atoms with Crippen LogP contribution in [0.3, 0.4) is 0 Å². The molecule has 1 aliphatic heterocycles. The Hall–Kier alpha value is -3.74. The van der Waals surface area contributed by atoms with E-state index in [4.69, 9.17) is 19.9 Å². The number of allylic oxidation sites excluding steroid dienone is 1. The van der Waals surface area contributed by atoms with E-state index in [1.807, 2.05) is 19.9 Å². The molecule has 12 nitrogen and oxygen atoms in total. The van der Waals surface area contributed by atoms with Gasteiger partial charge in [0.05, 0.1) is 18.1 Å². The number of fused-ring (bicyclic) bond motifs is 2. The molecule has 1 aromatic carbocycles. The van der Waals surface area contributed by atoms with Crippen LogP contribution in [0.2, 0.25) is 0 Å². The zero-order valence-electron chi connectivity index (χ0n) is 27.5. The van der Waals surface area contributed by atoms with Crippen molar-refractivity contribution in [2.24, 2.45) is 23.5 Å². The number of carbonyl (C=O) groups is 4. The number of ether oxygens (including phenoxy) is 3. The van der Waals surface area contributed by atoms with Crippen molar-refractivity contribution in [3.63, 3.8) is 0 Å². The molecule has 3 amide bonds. The summed E-state index contributed by atoms with van der Waals surface area (Å²) in [6, 6.07) is 5.20. The summed E-state index contributed by atoms with van der Waals surface area (Å²) < 4.78 is 16.7. The number of benzene rings is 1. The molecule has 250 valence electrons. The molecule has 0 saturated carbocycles. The summed E-state index contributed by atoms with van der Waals surface area (Å²) >= 11 is 0. The minimum atomic E-state index is -1.02. The van der Waals surface area contributed by atoms with E-state index < -0.39 is 42.3 Å². The van der Waals surface area contributed by atoms with Gasteiger partial charge in [-0.05, 0) is 75.8 Å². The number of methoxy groups -OCH3 is 1. The molecule has 6 atom stereocenters. The maximum absolute atomic E-state index is 13.1. The molecule has 0 fully saturated rings. The van der Waals surface area contributed by atoms with Gasteiger partial charge >= 0.3 is 12.2 Å². The molecule has 2 rings (SSSR count). The Kier molecular flexibility index (Phi) is 15.2. The summed E-state index contributed by atoms with van der Waals surface area (Å²) in [7, 11) is 4.98. The van der Waals surface area contributed by atoms with E-state index in [0.717, 1.165) is 5.56 Å². The number of carbonyl (C=O) groups excluding carboxylic acids is 4. The second kappa shape index (κ2) is 18.3. The van der Waals surface area contributed by atoms with Crippen LogP contribution in [0.15, 0.2) is 41.5 Å². The van der Waals surface area contributed by atoms with E-state index in [1.165, 1.54) is 12.0 Å². The standard InChI is InChI=1S/C33H50N4O8/c1-20-13-24-16-26(18-27(17-24)44-33(42)37(6)12-11-35-5)36-31(40)21(2)9-8-10-25(19-38)30(45-32(34)41)23(4)15-22(3)29(39)28(14-20)43-7/h9,15-20,22,25,28-30,35,39H,8,10-14H2,1-7H3,(H2,34,41)(H,36,40)/b21-9+,23-15+/t20-,22+,25-,28+,29-,30+/m1/s1. The maximum Gasteiger partial charge on any atom is 0.415 e. The molecule has 0 aromatic heterocycles. The number of amides is 3. The second-order valence-corrected chi connectivity index (χ2v) is 11.9. The van der Waals surface area contributed by atoms with Crippen molar-refractivity contribution >= 4 is 30.1 Å². The van der Waals surface area contributed by atoms with Gasteiger partial charge in [-0.1, -0.05) is 26.0 Å². The van der Waals surface area contributed by atoms with Gasteiger partial charge in [0.2, 0.25) is 0 Å². The highest BCUT2D eigenvalue weighted by molar-refractivity contribution is 6.03. The minimum Gasteiger partial charge on any atom is -0.441 e. The smallest absolute Gasteiger partial charge is 0.415 e. The molecule has 0 spiro atoms. The summed E-state index contributed by atoms with van der Waals surface area (Å²) in [5.74, 6) is -1.19. The van der Waals surface area contributed by atoms with Crippen molar-refractivity contribution in [3.8, 4) is 5.75 Å². The van der Waals surface area contributed by atoms with Crippen LogP contribution in [0.25, 0.3) is 0 Å². The Bertz CT molecular complexity index is 1230. The number of hydrogen-bond acceptors (Lipinski definition) is 9. The van der Waals surface area contributed by atoms with Crippen molar-refractivity contribution in [1.82, 2.24) is 10.2 Å². The van der Waals surface area contributed by atoms with Crippen LogP contribution in [-0.4, -0.2) is 87.0 Å². The highest BCUT2D eigenvalue weighted by Gasteiger charge is 2.30. The molecular formula is C33H50N4O8. The average Bonchev–Trinajstić information content (AvgIpc) is 2.98. The Morgan fingerprint density at radius 2 is 1.93 bits per heavy atom. The number of nitrogens with one attached hydrogen (secondary N) is 2. The minimum absolute atomic E-state index is 0.0174. The van der Waals surface area contributed by atoms with Gasteiger partial charge in [-0.15, -0.1) is 0 Å². The Balaban J connectivity index is 2.51. The lowest BCUT2D eigenvalue weighted by Crippen LogP contribution is -2.36. The highest BCUT2D eigenvalue weighted by Crippen LogP contribution is 2.28. The fourth-order valence-electron chi connectivity index (χ4n) is 5.41. The van der Waals surface area contributed by atoms with Crippen LogP contribution in [0.5, 0.6) is 5.75 Å². The molecule has 0 aliphatic carbocycles. The highest BCUT2D eigenvalue weighted by atomic mass is 16.6. The fourth-order valence-corrected chi connectivity index (χ4v) is 5.41. The summed E-state index contributed by atoms with van der Waals surface area (Å²) in [4.78, 5) is 51.2. The van der Waals surface area contributed by atoms with Gasteiger partial charge in [-0.3, -0.25) is 4.79 Å². The van der Waals surface area contributed by atoms with Crippen LogP contribution >= 0.6 is 0 Å². The number of nitrogens with two attached hydrogens (primary N) is 1. The van der Waals surface area contributed by atoms with Crippen molar-refractivity contribution in [1.29, 1.82) is 0 Å². The van der Waals surface area contributed by atoms with E-state index in [1.54, 1.807) is 52.2 Å². The quantitative estimate of drug-likeness (QED) is 0.258. The predicted molar refractivity (Wildman–Crippen MR) is 172 cm³/mol. The number of rotatable bonds is 7. The summed E-state index contributed by atoms with van der Waals surface area (Å²) in [5, 5.41) is 17.1. The molecule has 1 aromatic rings. The maximum atomic E-state index is 13.1. The van der Waals surface area contributed by atoms with Crippen LogP contribution in [0, 0.1) is 17.8 Å². The molecule has 45 heavy (non-hydrogen) atoms. The van der Waals surface area contributed by atoms with Gasteiger partial charge in [0.15, 0.2) is 0 Å². The Morgan fingerprint density at radius 1 is 1.22 bits per heavy atom. The third-order valence-corrected chi connectivity index (χ3v) is 7.97. The molecule has 5 N–H and O–H groups in total. The first-order valence-electron chi connectivity index (χ1n) is 15.3. The molecule has 12 heteroatoms. The van der Waals surface area contributed by atoms with Crippen LogP contribution in [0.1, 0.15) is 52.5 Å². The summed E-state index contributed by atoms with van der Waals surface area (Å²) in [5.41, 5.74) is 7.61. The number of anilines is 1. The van der Waals surface area contributed by atoms with Gasteiger partial charge in [0, 0.05) is 50.5 Å². The average molecular weight is 631 g/mol. The second-order valence-electron chi connectivity index (χ2n) is 11.9. The lowest BCUT2D eigenvalue weighted by molar-refractivity contribution is -0.114. The molecule has 1 aliphatic rings. The third-order valence-electron chi connectivity index (χ3n) is 7.97. The summed E-state index contributed by atoms with van der Waals surface area (Å²) in [6.45, 7) is 8.29. The summed E-state index contributed by atoms with van der Waals surface area (Å²) in [6.07, 6.45) is 1.94. The number of likely N-dealkylation sites (N-methyl/N-ethyl adjacent to an activating group) is 2. The van der Waals surface area contributed by atoms with E-state index >= 15 is 0 Å². The largest absolute Gasteiger partial charge is 0.441 e. The third kappa shape index (κ3) is 11.9. The monoisotopic (exact) mass is 630 g/mol. The number of aliphatic hydroxyl groups excluding tert-OH is 1. The Labute approximate surface area is 266 Å². The number of primary amides is 1. The van der Waals surface area contributed by atoms with Gasteiger partial charge < -0.3 is 45.4 Å². The van der Waals surface area contributed by atoms with E-state index in [9.17, 15) is 24.3 Å². The molecule has 0 unspecified atom stereocenters. The van der Waals surface area contributed by atoms with Crippen molar-refractivity contribution in [3.05, 3.63) is 47.1 Å². The molecule has 2 bridgehead atoms. The number of hydrogen-bond donors (Lipinski definition) is 4. The normalized spacial score (nSPS) is 27.6. The van der Waals surface area contributed by atoms with Crippen LogP contribution in [-0.2, 0) is 25.5 Å². The zero-order chi connectivity index (χ0) is 33.7. The van der Waals surface area contributed by atoms with E-state index in [2.05, 4.69) is 10.6 Å². The Morgan fingerprint density at radius 3 is 2.56 bits per heavy atom. The van der Waals surface area contributed by atoms with Gasteiger partial charge in [0.1, 0.15) is 18.1 Å². The van der Waals surface area contributed by atoms with Crippen molar-refractivity contribution in [2.45, 2.75) is 71.7 Å². The van der Waals surface area contributed by atoms with Crippen molar-refractivity contribution in [2.75, 3.05) is 39.6 Å².